The third-order valence-electron chi connectivity index (χ3n) is 3.24. The van der Waals surface area contributed by atoms with Gasteiger partial charge in [-0.3, -0.25) is 9.59 Å². The summed E-state index contributed by atoms with van der Waals surface area (Å²) in [6, 6.07) is 4.94. The van der Waals surface area contributed by atoms with Crippen molar-refractivity contribution in [2.75, 3.05) is 19.8 Å². The molecule has 0 bridgehead atoms. The molecule has 0 unspecified atom stereocenters. The maximum atomic E-state index is 12.2. The fourth-order valence-electron chi connectivity index (χ4n) is 1.73. The van der Waals surface area contributed by atoms with Gasteiger partial charge in [-0.25, -0.2) is 0 Å². The summed E-state index contributed by atoms with van der Waals surface area (Å²) in [5, 5.41) is 11.7. The summed E-state index contributed by atoms with van der Waals surface area (Å²) >= 11 is 0. The van der Waals surface area contributed by atoms with Gasteiger partial charge in [-0.1, -0.05) is 6.92 Å². The third-order valence-corrected chi connectivity index (χ3v) is 3.24. The minimum Gasteiger partial charge on any atom is -0.490 e. The van der Waals surface area contributed by atoms with Gasteiger partial charge in [0.1, 0.15) is 0 Å². The molecule has 1 rings (SSSR count). The first-order valence-corrected chi connectivity index (χ1v) is 7.73. The van der Waals surface area contributed by atoms with Crippen LogP contribution in [0.3, 0.4) is 0 Å². The Labute approximate surface area is 136 Å². The molecule has 2 N–H and O–H groups in total. The van der Waals surface area contributed by atoms with Crippen molar-refractivity contribution in [3.05, 3.63) is 23.8 Å². The summed E-state index contributed by atoms with van der Waals surface area (Å²) in [6.07, 6.45) is 0.873. The first-order valence-electron chi connectivity index (χ1n) is 7.73. The number of rotatable bonds is 9. The van der Waals surface area contributed by atoms with Gasteiger partial charge in [-0.2, -0.15) is 0 Å². The third kappa shape index (κ3) is 5.47. The average Bonchev–Trinajstić information content (AvgIpc) is 2.51. The molecule has 0 aromatic heterocycles. The zero-order chi connectivity index (χ0) is 17.5. The lowest BCUT2D eigenvalue weighted by Gasteiger charge is -2.19. The molecule has 128 valence electrons. The second kappa shape index (κ2) is 8.41. The lowest BCUT2D eigenvalue weighted by atomic mass is 9.94. The quantitative estimate of drug-likeness (QED) is 0.730. The maximum absolute atomic E-state index is 12.2. The van der Waals surface area contributed by atoms with E-state index in [9.17, 15) is 9.59 Å². The minimum atomic E-state index is -1.03. The van der Waals surface area contributed by atoms with Crippen LogP contribution in [0, 0.1) is 5.41 Å². The number of ether oxygens (including phenoxy) is 2. The molecule has 0 heterocycles. The van der Waals surface area contributed by atoms with Crippen LogP contribution in [-0.2, 0) is 4.79 Å². The lowest BCUT2D eigenvalue weighted by molar-refractivity contribution is -0.146. The number of hydrogen-bond acceptors (Lipinski definition) is 4. The Morgan fingerprint density at radius 1 is 1.17 bits per heavy atom. The lowest BCUT2D eigenvalue weighted by Crippen LogP contribution is -2.38. The predicted molar refractivity (Wildman–Crippen MR) is 87.1 cm³/mol. The van der Waals surface area contributed by atoms with Crippen molar-refractivity contribution in [3.8, 4) is 11.5 Å². The van der Waals surface area contributed by atoms with Crippen molar-refractivity contribution in [2.45, 2.75) is 34.1 Å². The van der Waals surface area contributed by atoms with Crippen molar-refractivity contribution in [3.63, 3.8) is 0 Å². The molecule has 0 saturated carbocycles. The highest BCUT2D eigenvalue weighted by Gasteiger charge is 2.27. The van der Waals surface area contributed by atoms with Crippen LogP contribution in [0.25, 0.3) is 0 Å². The topological polar surface area (TPSA) is 84.9 Å². The molecule has 0 atom stereocenters. The summed E-state index contributed by atoms with van der Waals surface area (Å²) in [5.41, 5.74) is -0.624. The first kappa shape index (κ1) is 18.8. The summed E-state index contributed by atoms with van der Waals surface area (Å²) in [5.74, 6) is -0.208. The molecule has 0 radical (unpaired) electrons. The van der Waals surface area contributed by atoms with Gasteiger partial charge in [0, 0.05) is 12.1 Å². The Morgan fingerprint density at radius 3 is 2.43 bits per heavy atom. The Hall–Kier alpha value is -2.24. The van der Waals surface area contributed by atoms with E-state index >= 15 is 0 Å². The van der Waals surface area contributed by atoms with Gasteiger partial charge in [0.05, 0.1) is 18.6 Å². The molecule has 0 fully saturated rings. The molecule has 1 aromatic rings. The van der Waals surface area contributed by atoms with Crippen molar-refractivity contribution >= 4 is 11.9 Å². The van der Waals surface area contributed by atoms with Gasteiger partial charge >= 0.3 is 5.97 Å². The summed E-state index contributed by atoms with van der Waals surface area (Å²) in [7, 11) is 0. The highest BCUT2D eigenvalue weighted by Crippen LogP contribution is 2.28. The first-order chi connectivity index (χ1) is 10.8. The van der Waals surface area contributed by atoms with Crippen LogP contribution < -0.4 is 14.8 Å². The number of nitrogens with one attached hydrogen (secondary N) is 1. The van der Waals surface area contributed by atoms with Crippen LogP contribution in [0.4, 0.5) is 0 Å². The molecule has 1 amide bonds. The number of benzene rings is 1. The summed E-state index contributed by atoms with van der Waals surface area (Å²) < 4.78 is 11.1. The average molecular weight is 323 g/mol. The Morgan fingerprint density at radius 2 is 1.87 bits per heavy atom. The molecule has 0 aliphatic heterocycles. The molecule has 23 heavy (non-hydrogen) atoms. The zero-order valence-electron chi connectivity index (χ0n) is 14.1. The highest BCUT2D eigenvalue weighted by atomic mass is 16.5. The van der Waals surface area contributed by atoms with E-state index in [1.807, 2.05) is 13.8 Å². The van der Waals surface area contributed by atoms with Crippen LogP contribution in [0.2, 0.25) is 0 Å². The molecule has 0 spiro atoms. The molecule has 0 aliphatic rings. The van der Waals surface area contributed by atoms with E-state index in [1.165, 1.54) is 0 Å². The standard InChI is InChI=1S/C17H25NO5/c1-5-9-23-13-8-7-12(10-14(13)22-6-2)15(19)18-11-17(3,4)16(20)21/h7-8,10H,5-6,9,11H2,1-4H3,(H,18,19)(H,20,21). The van der Waals surface area contributed by atoms with Crippen LogP contribution in [0.1, 0.15) is 44.5 Å². The number of amides is 1. The number of carboxylic acid groups (broad SMARTS) is 1. The molecule has 0 saturated heterocycles. The maximum Gasteiger partial charge on any atom is 0.310 e. The monoisotopic (exact) mass is 323 g/mol. The number of hydrogen-bond donors (Lipinski definition) is 2. The van der Waals surface area contributed by atoms with Crippen molar-refractivity contribution in [2.24, 2.45) is 5.41 Å². The van der Waals surface area contributed by atoms with E-state index in [-0.39, 0.29) is 12.5 Å². The van der Waals surface area contributed by atoms with Gasteiger partial charge in [0.15, 0.2) is 11.5 Å². The van der Waals surface area contributed by atoms with Crippen LogP contribution >= 0.6 is 0 Å². The number of carboxylic acids is 1. The van der Waals surface area contributed by atoms with Crippen LogP contribution in [-0.4, -0.2) is 36.7 Å². The summed E-state index contributed by atoms with van der Waals surface area (Å²) in [4.78, 5) is 23.3. The minimum absolute atomic E-state index is 0.0409. The largest absolute Gasteiger partial charge is 0.490 e. The van der Waals surface area contributed by atoms with Crippen molar-refractivity contribution in [1.82, 2.24) is 5.32 Å². The number of carbonyl (C=O) groups is 2. The van der Waals surface area contributed by atoms with Crippen molar-refractivity contribution < 1.29 is 24.2 Å². The van der Waals surface area contributed by atoms with Crippen LogP contribution in [0.5, 0.6) is 11.5 Å². The van der Waals surface area contributed by atoms with E-state index in [2.05, 4.69) is 5.32 Å². The summed E-state index contributed by atoms with van der Waals surface area (Å²) in [6.45, 7) is 8.04. The molecular weight excluding hydrogens is 298 g/mol. The zero-order valence-corrected chi connectivity index (χ0v) is 14.1. The molecule has 1 aromatic carbocycles. The van der Waals surface area contributed by atoms with E-state index in [1.54, 1.807) is 32.0 Å². The molecular formula is C17H25NO5. The molecule has 6 heteroatoms. The van der Waals surface area contributed by atoms with E-state index in [0.29, 0.717) is 30.3 Å². The van der Waals surface area contributed by atoms with Crippen LogP contribution in [0.15, 0.2) is 18.2 Å². The van der Waals surface area contributed by atoms with E-state index in [4.69, 9.17) is 14.6 Å². The molecule has 0 aliphatic carbocycles. The van der Waals surface area contributed by atoms with E-state index < -0.39 is 11.4 Å². The van der Waals surface area contributed by atoms with Gasteiger partial charge in [0.25, 0.3) is 5.91 Å². The number of carbonyl (C=O) groups excluding carboxylic acids is 1. The fraction of sp³-hybridized carbons (Fsp3) is 0.529. The second-order valence-corrected chi connectivity index (χ2v) is 5.81. The van der Waals surface area contributed by atoms with E-state index in [0.717, 1.165) is 6.42 Å². The molecule has 6 nitrogen and oxygen atoms in total. The number of aliphatic carboxylic acids is 1. The highest BCUT2D eigenvalue weighted by molar-refractivity contribution is 5.95. The smallest absolute Gasteiger partial charge is 0.310 e. The van der Waals surface area contributed by atoms with Gasteiger partial charge in [-0.05, 0) is 45.4 Å². The van der Waals surface area contributed by atoms with Gasteiger partial charge in [-0.15, -0.1) is 0 Å². The van der Waals surface area contributed by atoms with Gasteiger partial charge < -0.3 is 19.9 Å². The Balaban J connectivity index is 2.84. The second-order valence-electron chi connectivity index (χ2n) is 5.81. The SMILES string of the molecule is CCCOc1ccc(C(=O)NCC(C)(C)C(=O)O)cc1OCC. The predicted octanol–water partition coefficient (Wildman–Crippen LogP) is 2.71. The Kier molecular flexibility index (Phi) is 6.88. The van der Waals surface area contributed by atoms with Crippen molar-refractivity contribution in [1.29, 1.82) is 0 Å². The Bertz CT molecular complexity index is 554. The normalized spacial score (nSPS) is 11.0. The van der Waals surface area contributed by atoms with Gasteiger partial charge in [0.2, 0.25) is 0 Å². The fourth-order valence-corrected chi connectivity index (χ4v) is 1.73.